The van der Waals surface area contributed by atoms with Crippen molar-refractivity contribution in [1.29, 1.82) is 0 Å². The Balaban J connectivity index is 2.72. The molecule has 134 valence electrons. The molecular weight excluding hydrogens is 300 g/mol. The summed E-state index contributed by atoms with van der Waals surface area (Å²) in [5.74, 6) is -0.0439. The van der Waals surface area contributed by atoms with Crippen LogP contribution in [-0.2, 0) is 16.0 Å². The predicted molar refractivity (Wildman–Crippen MR) is 98.6 cm³/mol. The van der Waals surface area contributed by atoms with E-state index in [4.69, 9.17) is 5.73 Å². The number of carbonyl (C=O) groups is 2. The Kier molecular flexibility index (Phi) is 9.31. The van der Waals surface area contributed by atoms with Gasteiger partial charge in [0, 0.05) is 18.9 Å². The van der Waals surface area contributed by atoms with Gasteiger partial charge in [-0.3, -0.25) is 9.59 Å². The normalized spacial score (nSPS) is 13.5. The van der Waals surface area contributed by atoms with E-state index in [9.17, 15) is 9.59 Å². The monoisotopic (exact) mass is 332 g/mol. The number of hydrogen-bond acceptors (Lipinski definition) is 3. The Bertz CT molecular complexity index is 500. The molecule has 4 heteroatoms. The van der Waals surface area contributed by atoms with Gasteiger partial charge in [-0.1, -0.05) is 57.5 Å². The molecule has 0 saturated heterocycles. The molecule has 0 aromatic heterocycles. The average Bonchev–Trinajstić information content (AvgIpc) is 2.54. The number of ketones is 1. The van der Waals surface area contributed by atoms with Gasteiger partial charge in [-0.2, -0.15) is 0 Å². The third-order valence-corrected chi connectivity index (χ3v) is 4.11. The number of unbranched alkanes of at least 4 members (excludes halogenated alkanes) is 1. The molecule has 2 unspecified atom stereocenters. The SMILES string of the molecule is CCCCNC(=O)C(CC(=O)C(N)CC(C)C)Cc1ccccc1. The average molecular weight is 332 g/mol. The highest BCUT2D eigenvalue weighted by Crippen LogP contribution is 2.16. The maximum Gasteiger partial charge on any atom is 0.223 e. The van der Waals surface area contributed by atoms with E-state index in [-0.39, 0.29) is 24.0 Å². The molecule has 0 aliphatic heterocycles. The molecule has 3 N–H and O–H groups in total. The molecule has 2 atom stereocenters. The summed E-state index contributed by atoms with van der Waals surface area (Å²) < 4.78 is 0. The molecule has 0 aliphatic carbocycles. The highest BCUT2D eigenvalue weighted by Gasteiger charge is 2.25. The van der Waals surface area contributed by atoms with Crippen LogP contribution in [0.1, 0.15) is 52.0 Å². The highest BCUT2D eigenvalue weighted by molar-refractivity contribution is 5.89. The maximum absolute atomic E-state index is 12.5. The highest BCUT2D eigenvalue weighted by atomic mass is 16.2. The van der Waals surface area contributed by atoms with Gasteiger partial charge in [-0.25, -0.2) is 0 Å². The number of nitrogens with two attached hydrogens (primary N) is 1. The third-order valence-electron chi connectivity index (χ3n) is 4.11. The molecule has 0 aliphatic rings. The lowest BCUT2D eigenvalue weighted by molar-refractivity contribution is -0.130. The van der Waals surface area contributed by atoms with E-state index in [2.05, 4.69) is 12.2 Å². The van der Waals surface area contributed by atoms with Crippen molar-refractivity contribution in [2.45, 2.75) is 58.9 Å². The fourth-order valence-corrected chi connectivity index (χ4v) is 2.72. The molecule has 0 heterocycles. The molecule has 1 aromatic carbocycles. The summed E-state index contributed by atoms with van der Waals surface area (Å²) >= 11 is 0. The predicted octanol–water partition coefficient (Wildman–Crippen LogP) is 3.09. The smallest absolute Gasteiger partial charge is 0.223 e. The quantitative estimate of drug-likeness (QED) is 0.612. The maximum atomic E-state index is 12.5. The standard InChI is InChI=1S/C20H32N2O2/c1-4-5-11-22-20(24)17(13-16-9-7-6-8-10-16)14-19(23)18(21)12-15(2)3/h6-10,15,17-18H,4-5,11-14,21H2,1-3H3,(H,22,24). The van der Waals surface area contributed by atoms with Crippen molar-refractivity contribution in [3.05, 3.63) is 35.9 Å². The summed E-state index contributed by atoms with van der Waals surface area (Å²) in [6.45, 7) is 6.84. The van der Waals surface area contributed by atoms with Crippen LogP contribution in [0.4, 0.5) is 0 Å². The second-order valence-electron chi connectivity index (χ2n) is 6.94. The first-order valence-corrected chi connectivity index (χ1v) is 9.04. The molecule has 0 saturated carbocycles. The molecule has 1 rings (SSSR count). The third kappa shape index (κ3) is 7.73. The van der Waals surface area contributed by atoms with E-state index in [0.717, 1.165) is 18.4 Å². The van der Waals surface area contributed by atoms with E-state index in [1.807, 2.05) is 44.2 Å². The molecule has 1 amide bonds. The van der Waals surface area contributed by atoms with Crippen molar-refractivity contribution in [3.8, 4) is 0 Å². The van der Waals surface area contributed by atoms with Gasteiger partial charge in [0.25, 0.3) is 0 Å². The van der Waals surface area contributed by atoms with Crippen LogP contribution < -0.4 is 11.1 Å². The summed E-state index contributed by atoms with van der Waals surface area (Å²) in [6, 6.07) is 9.35. The first kappa shape index (κ1) is 20.4. The summed E-state index contributed by atoms with van der Waals surface area (Å²) in [4.78, 5) is 24.9. The minimum atomic E-state index is -0.480. The number of nitrogens with one attached hydrogen (secondary N) is 1. The second-order valence-corrected chi connectivity index (χ2v) is 6.94. The lowest BCUT2D eigenvalue weighted by atomic mass is 9.89. The summed E-state index contributed by atoms with van der Waals surface area (Å²) in [5, 5.41) is 2.96. The zero-order chi connectivity index (χ0) is 17.9. The summed E-state index contributed by atoms with van der Waals surface area (Å²) in [7, 11) is 0. The van der Waals surface area contributed by atoms with Crippen LogP contribution in [0.25, 0.3) is 0 Å². The van der Waals surface area contributed by atoms with Crippen LogP contribution in [-0.4, -0.2) is 24.3 Å². The van der Waals surface area contributed by atoms with Gasteiger partial charge in [-0.05, 0) is 30.7 Å². The van der Waals surface area contributed by atoms with Crippen molar-refractivity contribution in [2.75, 3.05) is 6.54 Å². The van der Waals surface area contributed by atoms with Crippen molar-refractivity contribution in [2.24, 2.45) is 17.6 Å². The topological polar surface area (TPSA) is 72.2 Å². The molecule has 24 heavy (non-hydrogen) atoms. The zero-order valence-corrected chi connectivity index (χ0v) is 15.3. The van der Waals surface area contributed by atoms with Crippen molar-refractivity contribution in [1.82, 2.24) is 5.32 Å². The minimum Gasteiger partial charge on any atom is -0.356 e. The summed E-state index contributed by atoms with van der Waals surface area (Å²) in [6.07, 6.45) is 3.42. The lowest BCUT2D eigenvalue weighted by Crippen LogP contribution is -2.38. The molecule has 1 aromatic rings. The van der Waals surface area contributed by atoms with Crippen LogP contribution in [0.5, 0.6) is 0 Å². The van der Waals surface area contributed by atoms with Crippen molar-refractivity contribution >= 4 is 11.7 Å². The molecule has 0 spiro atoms. The first-order valence-electron chi connectivity index (χ1n) is 9.04. The van der Waals surface area contributed by atoms with Crippen molar-refractivity contribution in [3.63, 3.8) is 0 Å². The summed E-state index contributed by atoms with van der Waals surface area (Å²) in [5.41, 5.74) is 7.07. The Hall–Kier alpha value is -1.68. The van der Waals surface area contributed by atoms with Gasteiger partial charge in [0.2, 0.25) is 5.91 Å². The van der Waals surface area contributed by atoms with Crippen LogP contribution >= 0.6 is 0 Å². The van der Waals surface area contributed by atoms with E-state index in [0.29, 0.717) is 25.3 Å². The fraction of sp³-hybridized carbons (Fsp3) is 0.600. The Morgan fingerprint density at radius 3 is 2.42 bits per heavy atom. The largest absolute Gasteiger partial charge is 0.356 e. The van der Waals surface area contributed by atoms with Gasteiger partial charge < -0.3 is 11.1 Å². The van der Waals surface area contributed by atoms with Crippen molar-refractivity contribution < 1.29 is 9.59 Å². The molecular formula is C20H32N2O2. The Morgan fingerprint density at radius 2 is 1.83 bits per heavy atom. The zero-order valence-electron chi connectivity index (χ0n) is 15.3. The van der Waals surface area contributed by atoms with Crippen LogP contribution in [0.3, 0.4) is 0 Å². The molecule has 0 fully saturated rings. The van der Waals surface area contributed by atoms with E-state index in [1.54, 1.807) is 0 Å². The van der Waals surface area contributed by atoms with Gasteiger partial charge in [0.15, 0.2) is 0 Å². The Labute approximate surface area is 146 Å². The van der Waals surface area contributed by atoms with Crippen LogP contribution in [0.2, 0.25) is 0 Å². The molecule has 0 radical (unpaired) electrons. The molecule has 0 bridgehead atoms. The number of carbonyl (C=O) groups excluding carboxylic acids is 2. The first-order chi connectivity index (χ1) is 11.4. The minimum absolute atomic E-state index is 0.0183. The number of amides is 1. The van der Waals surface area contributed by atoms with E-state index in [1.165, 1.54) is 0 Å². The number of hydrogen-bond donors (Lipinski definition) is 2. The van der Waals surface area contributed by atoms with Gasteiger partial charge >= 0.3 is 0 Å². The van der Waals surface area contributed by atoms with Gasteiger partial charge in [0.1, 0.15) is 5.78 Å². The number of benzene rings is 1. The number of Topliss-reactive ketones (excluding diaryl/α,β-unsaturated/α-hetero) is 1. The van der Waals surface area contributed by atoms with E-state index < -0.39 is 6.04 Å². The fourth-order valence-electron chi connectivity index (χ4n) is 2.72. The Morgan fingerprint density at radius 1 is 1.17 bits per heavy atom. The van der Waals surface area contributed by atoms with Crippen LogP contribution in [0, 0.1) is 11.8 Å². The van der Waals surface area contributed by atoms with Crippen LogP contribution in [0.15, 0.2) is 30.3 Å². The second kappa shape index (κ2) is 11.0. The molecule has 4 nitrogen and oxygen atoms in total. The van der Waals surface area contributed by atoms with E-state index >= 15 is 0 Å². The van der Waals surface area contributed by atoms with Gasteiger partial charge in [0.05, 0.1) is 6.04 Å². The lowest BCUT2D eigenvalue weighted by Gasteiger charge is -2.19. The number of rotatable bonds is 11. The van der Waals surface area contributed by atoms with Gasteiger partial charge in [-0.15, -0.1) is 0 Å².